The predicted octanol–water partition coefficient (Wildman–Crippen LogP) is 1.53. The summed E-state index contributed by atoms with van der Waals surface area (Å²) < 4.78 is 4.97. The fraction of sp³-hybridized carbons (Fsp3) is 0.500. The van der Waals surface area contributed by atoms with Gasteiger partial charge in [0.1, 0.15) is 12.1 Å². The summed E-state index contributed by atoms with van der Waals surface area (Å²) in [6.45, 7) is 7.88. The number of rotatable bonds is 4. The first-order valence-electron chi connectivity index (χ1n) is 8.05. The second-order valence-corrected chi connectivity index (χ2v) is 7.11. The van der Waals surface area contributed by atoms with E-state index in [1.807, 2.05) is 12.1 Å². The van der Waals surface area contributed by atoms with Gasteiger partial charge < -0.3 is 15.4 Å². The van der Waals surface area contributed by atoms with Gasteiger partial charge in [-0.25, -0.2) is 4.79 Å². The lowest BCUT2D eigenvalue weighted by Gasteiger charge is -2.19. The summed E-state index contributed by atoms with van der Waals surface area (Å²) in [5.74, 6) is -1.17. The minimum Gasteiger partial charge on any atom is -0.461 e. The monoisotopic (exact) mass is 332 g/mol. The van der Waals surface area contributed by atoms with Gasteiger partial charge >= 0.3 is 5.97 Å². The van der Waals surface area contributed by atoms with Crippen LogP contribution in [0.4, 0.5) is 0 Å². The molecule has 6 nitrogen and oxygen atoms in total. The molecule has 1 saturated heterocycles. The van der Waals surface area contributed by atoms with Crippen LogP contribution in [0, 0.1) is 0 Å². The van der Waals surface area contributed by atoms with Crippen molar-refractivity contribution in [3.05, 3.63) is 35.4 Å². The number of benzene rings is 1. The maximum atomic E-state index is 12.1. The van der Waals surface area contributed by atoms with Crippen LogP contribution in [-0.4, -0.2) is 36.5 Å². The highest BCUT2D eigenvalue weighted by molar-refractivity contribution is 5.97. The van der Waals surface area contributed by atoms with Crippen LogP contribution < -0.4 is 10.6 Å². The van der Waals surface area contributed by atoms with Gasteiger partial charge in [-0.15, -0.1) is 0 Å². The van der Waals surface area contributed by atoms with Crippen LogP contribution in [-0.2, 0) is 19.7 Å². The molecule has 2 amide bonds. The Balaban J connectivity index is 1.84. The van der Waals surface area contributed by atoms with E-state index in [-0.39, 0.29) is 24.0 Å². The van der Waals surface area contributed by atoms with Crippen molar-refractivity contribution in [2.75, 3.05) is 6.54 Å². The zero-order chi connectivity index (χ0) is 17.9. The minimum atomic E-state index is -0.629. The highest BCUT2D eigenvalue weighted by Crippen LogP contribution is 2.22. The Morgan fingerprint density at radius 3 is 2.33 bits per heavy atom. The SMILES string of the molecule is CC1CC(NC(=O)CNC(=O)c2ccc(C(C)(C)C)cc2)C(=O)O1. The van der Waals surface area contributed by atoms with E-state index in [2.05, 4.69) is 31.4 Å². The molecule has 2 rings (SSSR count). The molecule has 2 atom stereocenters. The zero-order valence-corrected chi connectivity index (χ0v) is 14.5. The summed E-state index contributed by atoms with van der Waals surface area (Å²) in [6.07, 6.45) is 0.256. The summed E-state index contributed by atoms with van der Waals surface area (Å²) >= 11 is 0. The standard InChI is InChI=1S/C18H24N2O4/c1-11-9-14(17(23)24-11)20-15(21)10-19-16(22)12-5-7-13(8-6-12)18(2,3)4/h5-8,11,14H,9-10H2,1-4H3,(H,19,22)(H,20,21). The zero-order valence-electron chi connectivity index (χ0n) is 14.5. The lowest BCUT2D eigenvalue weighted by Crippen LogP contribution is -2.43. The first-order chi connectivity index (χ1) is 11.2. The van der Waals surface area contributed by atoms with Gasteiger partial charge in [-0.1, -0.05) is 32.9 Å². The average molecular weight is 332 g/mol. The fourth-order valence-electron chi connectivity index (χ4n) is 2.50. The Morgan fingerprint density at radius 2 is 1.83 bits per heavy atom. The van der Waals surface area contributed by atoms with E-state index < -0.39 is 17.9 Å². The molecule has 1 aromatic carbocycles. The van der Waals surface area contributed by atoms with Crippen LogP contribution in [0.1, 0.15) is 50.0 Å². The average Bonchev–Trinajstić information content (AvgIpc) is 2.81. The molecule has 0 spiro atoms. The predicted molar refractivity (Wildman–Crippen MR) is 89.6 cm³/mol. The molecule has 1 aliphatic heterocycles. The van der Waals surface area contributed by atoms with Crippen LogP contribution in [0.15, 0.2) is 24.3 Å². The van der Waals surface area contributed by atoms with Crippen molar-refractivity contribution < 1.29 is 19.1 Å². The van der Waals surface area contributed by atoms with E-state index in [1.165, 1.54) is 0 Å². The Morgan fingerprint density at radius 1 is 1.21 bits per heavy atom. The van der Waals surface area contributed by atoms with E-state index in [4.69, 9.17) is 4.74 Å². The quantitative estimate of drug-likeness (QED) is 0.819. The van der Waals surface area contributed by atoms with E-state index >= 15 is 0 Å². The van der Waals surface area contributed by atoms with Gasteiger partial charge in [0.15, 0.2) is 0 Å². The smallest absolute Gasteiger partial charge is 0.329 e. The highest BCUT2D eigenvalue weighted by atomic mass is 16.6. The largest absolute Gasteiger partial charge is 0.461 e. The molecule has 2 unspecified atom stereocenters. The number of ether oxygens (including phenoxy) is 1. The molecule has 130 valence electrons. The number of esters is 1. The number of carbonyl (C=O) groups is 3. The van der Waals surface area contributed by atoms with Crippen LogP contribution in [0.2, 0.25) is 0 Å². The first-order valence-corrected chi connectivity index (χ1v) is 8.05. The normalized spacial score (nSPS) is 20.4. The summed E-state index contributed by atoms with van der Waals surface area (Å²) in [5, 5.41) is 5.12. The molecule has 0 saturated carbocycles. The molecule has 0 bridgehead atoms. The molecule has 0 aliphatic carbocycles. The van der Waals surface area contributed by atoms with Crippen LogP contribution in [0.5, 0.6) is 0 Å². The maximum Gasteiger partial charge on any atom is 0.329 e. The third-order valence-corrected chi connectivity index (χ3v) is 3.93. The molecular formula is C18H24N2O4. The molecule has 1 aromatic rings. The third-order valence-electron chi connectivity index (χ3n) is 3.93. The number of amides is 2. The maximum absolute atomic E-state index is 12.1. The molecule has 0 aromatic heterocycles. The summed E-state index contributed by atoms with van der Waals surface area (Å²) in [6, 6.07) is 6.67. The minimum absolute atomic E-state index is 0.0158. The highest BCUT2D eigenvalue weighted by Gasteiger charge is 2.32. The van der Waals surface area contributed by atoms with Crippen molar-refractivity contribution in [2.24, 2.45) is 0 Å². The second kappa shape index (κ2) is 7.03. The van der Waals surface area contributed by atoms with Crippen LogP contribution in [0.3, 0.4) is 0 Å². The molecule has 6 heteroatoms. The van der Waals surface area contributed by atoms with E-state index in [9.17, 15) is 14.4 Å². The second-order valence-electron chi connectivity index (χ2n) is 7.11. The van der Waals surface area contributed by atoms with Crippen molar-refractivity contribution in [3.63, 3.8) is 0 Å². The third kappa shape index (κ3) is 4.57. The Kier molecular flexibility index (Phi) is 5.26. The van der Waals surface area contributed by atoms with Gasteiger partial charge in [-0.05, 0) is 30.0 Å². The fourth-order valence-corrected chi connectivity index (χ4v) is 2.50. The number of hydrogen-bond acceptors (Lipinski definition) is 4. The lowest BCUT2D eigenvalue weighted by molar-refractivity contribution is -0.143. The molecule has 1 fully saturated rings. The summed E-state index contributed by atoms with van der Waals surface area (Å²) in [5.41, 5.74) is 1.64. The molecule has 0 radical (unpaired) electrons. The first kappa shape index (κ1) is 18.0. The van der Waals surface area contributed by atoms with Gasteiger partial charge in [0, 0.05) is 12.0 Å². The summed E-state index contributed by atoms with van der Waals surface area (Å²) in [7, 11) is 0. The number of nitrogens with one attached hydrogen (secondary N) is 2. The van der Waals surface area contributed by atoms with Crippen molar-refractivity contribution >= 4 is 17.8 Å². The van der Waals surface area contributed by atoms with Crippen molar-refractivity contribution in [3.8, 4) is 0 Å². The Labute approximate surface area is 142 Å². The van der Waals surface area contributed by atoms with Crippen LogP contribution in [0.25, 0.3) is 0 Å². The van der Waals surface area contributed by atoms with Crippen molar-refractivity contribution in [1.29, 1.82) is 0 Å². The number of cyclic esters (lactones) is 1. The number of carbonyl (C=O) groups excluding carboxylic acids is 3. The van der Waals surface area contributed by atoms with E-state index in [0.29, 0.717) is 12.0 Å². The molecule has 1 aliphatic rings. The van der Waals surface area contributed by atoms with E-state index in [1.54, 1.807) is 19.1 Å². The summed E-state index contributed by atoms with van der Waals surface area (Å²) in [4.78, 5) is 35.4. The van der Waals surface area contributed by atoms with Crippen molar-refractivity contribution in [1.82, 2.24) is 10.6 Å². The van der Waals surface area contributed by atoms with Crippen molar-refractivity contribution in [2.45, 2.75) is 51.7 Å². The lowest BCUT2D eigenvalue weighted by atomic mass is 9.87. The van der Waals surface area contributed by atoms with Crippen LogP contribution >= 0.6 is 0 Å². The van der Waals surface area contributed by atoms with E-state index in [0.717, 1.165) is 5.56 Å². The molecule has 2 N–H and O–H groups in total. The topological polar surface area (TPSA) is 84.5 Å². The number of hydrogen-bond donors (Lipinski definition) is 2. The van der Waals surface area contributed by atoms with Gasteiger partial charge in [0.25, 0.3) is 5.91 Å². The van der Waals surface area contributed by atoms with Gasteiger partial charge in [-0.2, -0.15) is 0 Å². The molecule has 1 heterocycles. The molecule has 24 heavy (non-hydrogen) atoms. The Bertz CT molecular complexity index is 631. The van der Waals surface area contributed by atoms with Gasteiger partial charge in [-0.3, -0.25) is 9.59 Å². The van der Waals surface area contributed by atoms with Gasteiger partial charge in [0.2, 0.25) is 5.91 Å². The Hall–Kier alpha value is -2.37. The molecular weight excluding hydrogens is 308 g/mol. The van der Waals surface area contributed by atoms with Gasteiger partial charge in [0.05, 0.1) is 6.54 Å².